The lowest BCUT2D eigenvalue weighted by Crippen LogP contribution is -2.11. The van der Waals surface area contributed by atoms with Gasteiger partial charge in [-0.25, -0.2) is 9.67 Å². The summed E-state index contributed by atoms with van der Waals surface area (Å²) >= 11 is 1.52. The number of furan rings is 1. The fraction of sp³-hybridized carbons (Fsp3) is 0.0500. The van der Waals surface area contributed by atoms with E-state index in [2.05, 4.69) is 10.1 Å². The van der Waals surface area contributed by atoms with Gasteiger partial charge in [0.15, 0.2) is 5.76 Å². The van der Waals surface area contributed by atoms with Gasteiger partial charge in [0.2, 0.25) is 4.80 Å². The van der Waals surface area contributed by atoms with E-state index in [-0.39, 0.29) is 0 Å². The second-order valence-corrected chi connectivity index (χ2v) is 6.43. The average Bonchev–Trinajstić information content (AvgIpc) is 3.32. The molecule has 0 amide bonds. The van der Waals surface area contributed by atoms with Crippen LogP contribution in [0.3, 0.4) is 0 Å². The summed E-state index contributed by atoms with van der Waals surface area (Å²) in [5.74, 6) is 0.741. The second kappa shape index (κ2) is 7.33. The molecule has 0 atom stereocenters. The van der Waals surface area contributed by atoms with E-state index >= 15 is 0 Å². The molecular formula is C20H16N4OS. The van der Waals surface area contributed by atoms with E-state index in [1.54, 1.807) is 23.4 Å². The molecule has 128 valence electrons. The molecule has 4 aromatic rings. The van der Waals surface area contributed by atoms with Crippen LogP contribution in [-0.4, -0.2) is 15.9 Å². The minimum absolute atomic E-state index is 0.741. The lowest BCUT2D eigenvalue weighted by atomic mass is 10.2. The molecule has 0 saturated heterocycles. The molecule has 0 spiro atoms. The van der Waals surface area contributed by atoms with Crippen molar-refractivity contribution < 1.29 is 4.42 Å². The van der Waals surface area contributed by atoms with Gasteiger partial charge < -0.3 is 4.42 Å². The van der Waals surface area contributed by atoms with Crippen LogP contribution in [0.4, 0.5) is 5.69 Å². The molecule has 5 nitrogen and oxygen atoms in total. The largest absolute Gasteiger partial charge is 0.463 e. The van der Waals surface area contributed by atoms with Crippen molar-refractivity contribution in [2.24, 2.45) is 10.1 Å². The summed E-state index contributed by atoms with van der Waals surface area (Å²) in [4.78, 5) is 9.84. The van der Waals surface area contributed by atoms with E-state index in [9.17, 15) is 0 Å². The summed E-state index contributed by atoms with van der Waals surface area (Å²) in [7, 11) is 0. The summed E-state index contributed by atoms with van der Waals surface area (Å²) < 4.78 is 7.34. The number of para-hydroxylation sites is 1. The van der Waals surface area contributed by atoms with Crippen LogP contribution in [0.15, 0.2) is 86.9 Å². The van der Waals surface area contributed by atoms with E-state index in [0.29, 0.717) is 0 Å². The Labute approximate surface area is 154 Å². The van der Waals surface area contributed by atoms with E-state index in [4.69, 9.17) is 9.41 Å². The summed E-state index contributed by atoms with van der Waals surface area (Å²) in [5.41, 5.74) is 3.65. The zero-order valence-corrected chi connectivity index (χ0v) is 14.9. The van der Waals surface area contributed by atoms with Crippen LogP contribution in [0.25, 0.3) is 11.5 Å². The minimum Gasteiger partial charge on any atom is -0.463 e. The van der Waals surface area contributed by atoms with Crippen molar-refractivity contribution in [2.45, 2.75) is 6.92 Å². The summed E-state index contributed by atoms with van der Waals surface area (Å²) in [6.07, 6.45) is 5.11. The number of nitrogens with zero attached hydrogens (tertiary/aromatic N) is 4. The van der Waals surface area contributed by atoms with Crippen LogP contribution < -0.4 is 4.80 Å². The molecule has 0 fully saturated rings. The van der Waals surface area contributed by atoms with Gasteiger partial charge in [-0.15, -0.1) is 11.3 Å². The lowest BCUT2D eigenvalue weighted by Gasteiger charge is -2.01. The predicted octanol–water partition coefficient (Wildman–Crippen LogP) is 4.63. The van der Waals surface area contributed by atoms with Crippen LogP contribution >= 0.6 is 11.3 Å². The Hall–Kier alpha value is -3.25. The average molecular weight is 360 g/mol. The highest BCUT2D eigenvalue weighted by Gasteiger charge is 2.10. The Balaban J connectivity index is 1.85. The molecular weight excluding hydrogens is 344 g/mol. The number of hydrogen-bond donors (Lipinski definition) is 0. The van der Waals surface area contributed by atoms with Crippen molar-refractivity contribution >= 4 is 23.2 Å². The fourth-order valence-electron chi connectivity index (χ4n) is 2.44. The molecule has 4 rings (SSSR count). The van der Waals surface area contributed by atoms with Gasteiger partial charge in [-0.05, 0) is 42.8 Å². The summed E-state index contributed by atoms with van der Waals surface area (Å²) in [5, 5.41) is 6.60. The van der Waals surface area contributed by atoms with Crippen molar-refractivity contribution in [3.05, 3.63) is 88.5 Å². The number of benzene rings is 1. The third-order valence-corrected chi connectivity index (χ3v) is 4.60. The van der Waals surface area contributed by atoms with Crippen LogP contribution in [0.1, 0.15) is 11.3 Å². The van der Waals surface area contributed by atoms with Crippen molar-refractivity contribution in [2.75, 3.05) is 0 Å². The van der Waals surface area contributed by atoms with Crippen LogP contribution in [0, 0.1) is 6.92 Å². The standard InChI is InChI=1S/C20H16N4OS/c1-15-7-2-3-9-17(15)23-20-24(22-13-16-8-4-5-11-21-16)18(14-26-20)19-10-6-12-25-19/h2-14H,1H3. The predicted molar refractivity (Wildman–Crippen MR) is 104 cm³/mol. The first-order valence-corrected chi connectivity index (χ1v) is 8.99. The van der Waals surface area contributed by atoms with Gasteiger partial charge in [0.05, 0.1) is 23.9 Å². The van der Waals surface area contributed by atoms with Gasteiger partial charge in [-0.3, -0.25) is 4.98 Å². The fourth-order valence-corrected chi connectivity index (χ4v) is 3.27. The molecule has 1 aromatic carbocycles. The monoisotopic (exact) mass is 360 g/mol. The quantitative estimate of drug-likeness (QED) is 0.498. The van der Waals surface area contributed by atoms with Crippen LogP contribution in [0.2, 0.25) is 0 Å². The molecule has 3 heterocycles. The van der Waals surface area contributed by atoms with Crippen molar-refractivity contribution in [1.82, 2.24) is 9.66 Å². The van der Waals surface area contributed by atoms with Gasteiger partial charge in [0.1, 0.15) is 5.69 Å². The number of aromatic nitrogens is 2. The van der Waals surface area contributed by atoms with E-state index < -0.39 is 0 Å². The molecule has 6 heteroatoms. The second-order valence-electron chi connectivity index (χ2n) is 5.59. The smallest absolute Gasteiger partial charge is 0.211 e. The van der Waals surface area contributed by atoms with Crippen LogP contribution in [0.5, 0.6) is 0 Å². The molecule has 0 bridgehead atoms. The number of hydrogen-bond acceptors (Lipinski definition) is 5. The zero-order valence-electron chi connectivity index (χ0n) is 14.1. The molecule has 0 aliphatic heterocycles. The highest BCUT2D eigenvalue weighted by Crippen LogP contribution is 2.22. The molecule has 0 saturated carbocycles. The van der Waals surface area contributed by atoms with E-state index in [1.165, 1.54) is 11.3 Å². The number of aryl methyl sites for hydroxylation is 1. The van der Waals surface area contributed by atoms with Crippen molar-refractivity contribution in [1.29, 1.82) is 0 Å². The highest BCUT2D eigenvalue weighted by atomic mass is 32.1. The maximum absolute atomic E-state index is 5.55. The normalized spacial score (nSPS) is 12.1. The maximum Gasteiger partial charge on any atom is 0.211 e. The molecule has 0 aliphatic carbocycles. The van der Waals surface area contributed by atoms with E-state index in [1.807, 2.05) is 66.9 Å². The third-order valence-electron chi connectivity index (χ3n) is 3.78. The Bertz CT molecular complexity index is 1090. The summed E-state index contributed by atoms with van der Waals surface area (Å²) in [6.45, 7) is 2.04. The molecule has 26 heavy (non-hydrogen) atoms. The van der Waals surface area contributed by atoms with Gasteiger partial charge in [-0.2, -0.15) is 5.10 Å². The van der Waals surface area contributed by atoms with Gasteiger partial charge in [-0.1, -0.05) is 24.3 Å². The Morgan fingerprint density at radius 1 is 1.08 bits per heavy atom. The lowest BCUT2D eigenvalue weighted by molar-refractivity contribution is 0.575. The first kappa shape index (κ1) is 16.2. The molecule has 0 aliphatic rings. The number of rotatable bonds is 4. The van der Waals surface area contributed by atoms with Gasteiger partial charge in [0.25, 0.3) is 0 Å². The zero-order chi connectivity index (χ0) is 17.8. The maximum atomic E-state index is 5.55. The Kier molecular flexibility index (Phi) is 4.57. The van der Waals surface area contributed by atoms with Crippen molar-refractivity contribution in [3.63, 3.8) is 0 Å². The SMILES string of the molecule is Cc1ccccc1N=c1scc(-c2ccco2)n1N=Cc1ccccn1. The van der Waals surface area contributed by atoms with Gasteiger partial charge in [0, 0.05) is 11.6 Å². The topological polar surface area (TPSA) is 55.7 Å². The van der Waals surface area contributed by atoms with Crippen molar-refractivity contribution in [3.8, 4) is 11.5 Å². The Morgan fingerprint density at radius 3 is 2.73 bits per heavy atom. The van der Waals surface area contributed by atoms with Crippen LogP contribution in [-0.2, 0) is 0 Å². The first-order valence-electron chi connectivity index (χ1n) is 8.11. The molecule has 3 aromatic heterocycles. The molecule has 0 unspecified atom stereocenters. The summed E-state index contributed by atoms with van der Waals surface area (Å²) in [6, 6.07) is 17.5. The highest BCUT2D eigenvalue weighted by molar-refractivity contribution is 7.07. The third kappa shape index (κ3) is 3.41. The number of pyridine rings is 1. The first-order chi connectivity index (χ1) is 12.8. The Morgan fingerprint density at radius 2 is 1.96 bits per heavy atom. The number of thiazole rings is 1. The van der Waals surface area contributed by atoms with E-state index in [0.717, 1.165) is 33.2 Å². The molecule has 0 N–H and O–H groups in total. The molecule has 0 radical (unpaired) electrons. The minimum atomic E-state index is 0.741. The van der Waals surface area contributed by atoms with Gasteiger partial charge >= 0.3 is 0 Å².